The minimum atomic E-state index is -0.504. The molecule has 0 N–H and O–H groups in total. The summed E-state index contributed by atoms with van der Waals surface area (Å²) in [6, 6.07) is 77.6. The molecule has 0 radical (unpaired) electrons. The zero-order valence-electron chi connectivity index (χ0n) is 31.5. The van der Waals surface area contributed by atoms with Gasteiger partial charge in [0.05, 0.1) is 11.1 Å². The van der Waals surface area contributed by atoms with E-state index in [1.165, 1.54) is 64.7 Å². The minimum absolute atomic E-state index is 0.504. The van der Waals surface area contributed by atoms with E-state index in [2.05, 4.69) is 211 Å². The van der Waals surface area contributed by atoms with Crippen molar-refractivity contribution >= 4 is 70.5 Å². The van der Waals surface area contributed by atoms with Crippen LogP contribution in [0.3, 0.4) is 0 Å². The largest absolute Gasteiger partial charge is 0.456 e. The van der Waals surface area contributed by atoms with Gasteiger partial charge in [-0.25, -0.2) is 0 Å². The molecule has 0 bridgehead atoms. The molecule has 0 saturated heterocycles. The summed E-state index contributed by atoms with van der Waals surface area (Å²) in [5.74, 6) is 0. The van der Waals surface area contributed by atoms with Crippen molar-refractivity contribution in [3.8, 4) is 22.3 Å². The van der Waals surface area contributed by atoms with Crippen LogP contribution in [-0.4, -0.2) is 0 Å². The first-order valence-electron chi connectivity index (χ1n) is 19.8. The SMILES string of the molecule is c1ccc(C2(c3ccccc3)c3ccccc3-c3c(N(c4ccc(-c5ccc6c(c5)sc5ccccc56)cc4)c4ccc5oc6ccccc6c5c4)cccc32)cc1. The van der Waals surface area contributed by atoms with Crippen molar-refractivity contribution in [2.24, 2.45) is 0 Å². The highest BCUT2D eigenvalue weighted by Gasteiger charge is 2.47. The zero-order valence-corrected chi connectivity index (χ0v) is 32.3. The Morgan fingerprint density at radius 2 is 1.02 bits per heavy atom. The summed E-state index contributed by atoms with van der Waals surface area (Å²) in [7, 11) is 0. The second-order valence-electron chi connectivity index (χ2n) is 15.2. The van der Waals surface area contributed by atoms with Crippen molar-refractivity contribution in [2.75, 3.05) is 4.90 Å². The van der Waals surface area contributed by atoms with Crippen molar-refractivity contribution < 1.29 is 4.42 Å². The van der Waals surface area contributed by atoms with Crippen LogP contribution in [0.4, 0.5) is 17.1 Å². The van der Waals surface area contributed by atoms with E-state index in [0.29, 0.717) is 0 Å². The lowest BCUT2D eigenvalue weighted by molar-refractivity contribution is 0.669. The Kier molecular flexibility index (Phi) is 7.35. The molecule has 272 valence electrons. The summed E-state index contributed by atoms with van der Waals surface area (Å²) in [6.45, 7) is 0. The van der Waals surface area contributed by atoms with Crippen molar-refractivity contribution in [3.63, 3.8) is 0 Å². The molecule has 0 spiro atoms. The Morgan fingerprint density at radius 3 is 1.83 bits per heavy atom. The highest BCUT2D eigenvalue weighted by Crippen LogP contribution is 2.59. The van der Waals surface area contributed by atoms with E-state index in [-0.39, 0.29) is 0 Å². The number of fused-ring (bicyclic) bond motifs is 9. The lowest BCUT2D eigenvalue weighted by Crippen LogP contribution is -2.28. The fourth-order valence-corrected chi connectivity index (χ4v) is 10.8. The van der Waals surface area contributed by atoms with E-state index >= 15 is 0 Å². The maximum absolute atomic E-state index is 6.34. The van der Waals surface area contributed by atoms with E-state index in [4.69, 9.17) is 4.42 Å². The Labute approximate surface area is 340 Å². The second-order valence-corrected chi connectivity index (χ2v) is 16.3. The number of anilines is 3. The van der Waals surface area contributed by atoms with Crippen molar-refractivity contribution in [3.05, 3.63) is 235 Å². The molecule has 58 heavy (non-hydrogen) atoms. The molecule has 12 rings (SSSR count). The summed E-state index contributed by atoms with van der Waals surface area (Å²) < 4.78 is 8.97. The molecular weight excluding hydrogens is 723 g/mol. The van der Waals surface area contributed by atoms with Gasteiger partial charge in [0, 0.05) is 47.9 Å². The molecule has 11 aromatic rings. The first kappa shape index (κ1) is 33.0. The number of hydrogen-bond acceptors (Lipinski definition) is 3. The van der Waals surface area contributed by atoms with Crippen LogP contribution in [0.5, 0.6) is 0 Å². The smallest absolute Gasteiger partial charge is 0.135 e. The molecule has 1 aliphatic carbocycles. The fraction of sp³-hybridized carbons (Fsp3) is 0.0182. The molecule has 2 heterocycles. The second kappa shape index (κ2) is 12.9. The van der Waals surface area contributed by atoms with E-state index in [1.807, 2.05) is 17.4 Å². The molecule has 2 aromatic heterocycles. The third-order valence-corrected chi connectivity index (χ3v) is 13.3. The molecule has 0 atom stereocenters. The lowest BCUT2D eigenvalue weighted by Gasteiger charge is -2.34. The zero-order chi connectivity index (χ0) is 38.2. The van der Waals surface area contributed by atoms with Crippen LogP contribution in [0.15, 0.2) is 217 Å². The third-order valence-electron chi connectivity index (χ3n) is 12.2. The van der Waals surface area contributed by atoms with Crippen LogP contribution in [-0.2, 0) is 5.41 Å². The minimum Gasteiger partial charge on any atom is -0.456 e. The summed E-state index contributed by atoms with van der Waals surface area (Å²) in [5.41, 5.74) is 14.5. The van der Waals surface area contributed by atoms with Crippen LogP contribution in [0.1, 0.15) is 22.3 Å². The number of nitrogens with zero attached hydrogens (tertiary/aromatic N) is 1. The van der Waals surface area contributed by atoms with Crippen LogP contribution < -0.4 is 4.90 Å². The molecule has 0 fully saturated rings. The maximum Gasteiger partial charge on any atom is 0.135 e. The summed E-state index contributed by atoms with van der Waals surface area (Å²) >= 11 is 1.86. The standard InChI is InChI=1S/C55H35NOS/c1-3-14-38(15-4-1)55(39-16-5-2-6-17-39)47-21-10-7-20-45(47)54-48(55)22-13-23-49(54)56(41-31-33-51-46(35-41)42-18-8-11-24-50(42)57-51)40-29-26-36(27-30-40)37-28-32-44-43-19-9-12-25-52(43)58-53(44)34-37/h1-35H. The van der Waals surface area contributed by atoms with Gasteiger partial charge in [-0.1, -0.05) is 158 Å². The van der Waals surface area contributed by atoms with Crippen molar-refractivity contribution in [2.45, 2.75) is 5.41 Å². The van der Waals surface area contributed by atoms with Gasteiger partial charge in [0.1, 0.15) is 11.2 Å². The van der Waals surface area contributed by atoms with Crippen molar-refractivity contribution in [1.82, 2.24) is 0 Å². The highest BCUT2D eigenvalue weighted by molar-refractivity contribution is 7.25. The third kappa shape index (κ3) is 4.84. The predicted octanol–water partition coefficient (Wildman–Crippen LogP) is 15.5. The van der Waals surface area contributed by atoms with Crippen LogP contribution in [0.2, 0.25) is 0 Å². The topological polar surface area (TPSA) is 16.4 Å². The first-order chi connectivity index (χ1) is 28.8. The number of rotatable bonds is 6. The molecular formula is C55H35NOS. The number of benzene rings is 9. The van der Waals surface area contributed by atoms with Gasteiger partial charge >= 0.3 is 0 Å². The Bertz CT molecular complexity index is 3300. The van der Waals surface area contributed by atoms with E-state index in [1.54, 1.807) is 0 Å². The Hall–Kier alpha value is -7.20. The average Bonchev–Trinajstić information content (AvgIpc) is 3.95. The molecule has 0 aliphatic heterocycles. The van der Waals surface area contributed by atoms with Gasteiger partial charge in [-0.15, -0.1) is 11.3 Å². The van der Waals surface area contributed by atoms with Gasteiger partial charge in [-0.2, -0.15) is 0 Å². The normalized spacial score (nSPS) is 13.0. The van der Waals surface area contributed by atoms with Crippen LogP contribution in [0, 0.1) is 0 Å². The average molecular weight is 758 g/mol. The van der Waals surface area contributed by atoms with Gasteiger partial charge in [0.15, 0.2) is 0 Å². The number of thiophene rings is 1. The summed E-state index contributed by atoms with van der Waals surface area (Å²) in [6.07, 6.45) is 0. The van der Waals surface area contributed by atoms with Gasteiger partial charge in [0.2, 0.25) is 0 Å². The van der Waals surface area contributed by atoms with Crippen LogP contribution in [0.25, 0.3) is 64.4 Å². The molecule has 0 saturated carbocycles. The summed E-state index contributed by atoms with van der Waals surface area (Å²) in [5, 5.41) is 4.85. The van der Waals surface area contributed by atoms with E-state index in [0.717, 1.165) is 39.0 Å². The molecule has 3 heteroatoms. The Morgan fingerprint density at radius 1 is 0.397 bits per heavy atom. The lowest BCUT2D eigenvalue weighted by atomic mass is 9.68. The van der Waals surface area contributed by atoms with Gasteiger partial charge < -0.3 is 9.32 Å². The fourth-order valence-electron chi connectivity index (χ4n) is 9.65. The van der Waals surface area contributed by atoms with Gasteiger partial charge in [0.25, 0.3) is 0 Å². The highest BCUT2D eigenvalue weighted by atomic mass is 32.1. The van der Waals surface area contributed by atoms with Gasteiger partial charge in [-0.05, 0) is 93.5 Å². The molecule has 0 amide bonds. The molecule has 9 aromatic carbocycles. The van der Waals surface area contributed by atoms with E-state index < -0.39 is 5.41 Å². The molecule has 1 aliphatic rings. The monoisotopic (exact) mass is 757 g/mol. The Balaban J connectivity index is 1.09. The quantitative estimate of drug-likeness (QED) is 0.168. The van der Waals surface area contributed by atoms with Gasteiger partial charge in [-0.3, -0.25) is 0 Å². The predicted molar refractivity (Wildman–Crippen MR) is 244 cm³/mol. The van der Waals surface area contributed by atoms with Crippen LogP contribution >= 0.6 is 11.3 Å². The van der Waals surface area contributed by atoms with Crippen molar-refractivity contribution in [1.29, 1.82) is 0 Å². The maximum atomic E-state index is 6.34. The number of para-hydroxylation sites is 1. The summed E-state index contributed by atoms with van der Waals surface area (Å²) in [4.78, 5) is 2.45. The number of furan rings is 1. The molecule has 2 nitrogen and oxygen atoms in total. The number of hydrogen-bond donors (Lipinski definition) is 0. The first-order valence-corrected chi connectivity index (χ1v) is 20.6. The van der Waals surface area contributed by atoms with E-state index in [9.17, 15) is 0 Å². The molecule has 0 unspecified atom stereocenters.